The summed E-state index contributed by atoms with van der Waals surface area (Å²) in [6.07, 6.45) is 5.11. The number of ether oxygens (including phenoxy) is 1. The van der Waals surface area contributed by atoms with Gasteiger partial charge in [0.15, 0.2) is 0 Å². The molecule has 0 aliphatic heterocycles. The first kappa shape index (κ1) is 14.0. The van der Waals surface area contributed by atoms with Crippen LogP contribution in [0.5, 0.6) is 5.75 Å². The third-order valence-corrected chi connectivity index (χ3v) is 2.29. The number of nitrogens with one attached hydrogen (secondary N) is 1. The Labute approximate surface area is 108 Å². The van der Waals surface area contributed by atoms with Crippen molar-refractivity contribution in [3.05, 3.63) is 42.0 Å². The number of carbonyl (C=O) groups excluding carboxylic acids is 1. The molecule has 1 rings (SSSR count). The van der Waals surface area contributed by atoms with Gasteiger partial charge in [0.2, 0.25) is 5.91 Å². The maximum Gasteiger partial charge on any atom is 0.243 e. The first-order valence-electron chi connectivity index (χ1n) is 5.89. The fourth-order valence-corrected chi connectivity index (χ4v) is 1.45. The highest BCUT2D eigenvalue weighted by molar-refractivity contribution is 5.91. The Kier molecular flexibility index (Phi) is 5.18. The van der Waals surface area contributed by atoms with Crippen LogP contribution in [0.3, 0.4) is 0 Å². The Balaban J connectivity index is 2.94. The monoisotopic (exact) mass is 245 g/mol. The molecule has 0 unspecified atom stereocenters. The van der Waals surface area contributed by atoms with Gasteiger partial charge in [-0.2, -0.15) is 0 Å². The predicted octanol–water partition coefficient (Wildman–Crippen LogP) is 2.88. The second-order valence-electron chi connectivity index (χ2n) is 4.12. The second kappa shape index (κ2) is 6.64. The number of rotatable bonds is 5. The zero-order chi connectivity index (χ0) is 13.5. The van der Waals surface area contributed by atoms with Crippen molar-refractivity contribution in [2.45, 2.75) is 20.0 Å². The minimum atomic E-state index is -0.127. The Morgan fingerprint density at radius 3 is 2.72 bits per heavy atom. The Morgan fingerprint density at radius 1 is 1.44 bits per heavy atom. The van der Waals surface area contributed by atoms with Crippen molar-refractivity contribution in [3.8, 4) is 5.75 Å². The smallest absolute Gasteiger partial charge is 0.243 e. The molecule has 0 saturated carbocycles. The molecule has 1 aromatic rings. The standard InChI is InChI=1S/C15H19NO2/c1-5-13-10-12(7-9-15(17)16-4)6-8-14(13)18-11(2)3/h5-11H,1H2,2-4H3,(H,16,17)/b9-7+. The van der Waals surface area contributed by atoms with Gasteiger partial charge in [-0.3, -0.25) is 4.79 Å². The van der Waals surface area contributed by atoms with E-state index in [1.807, 2.05) is 32.0 Å². The van der Waals surface area contributed by atoms with E-state index in [1.165, 1.54) is 6.08 Å². The summed E-state index contributed by atoms with van der Waals surface area (Å²) < 4.78 is 5.66. The molecule has 0 aromatic heterocycles. The van der Waals surface area contributed by atoms with Crippen molar-refractivity contribution < 1.29 is 9.53 Å². The van der Waals surface area contributed by atoms with Crippen LogP contribution in [0.15, 0.2) is 30.9 Å². The van der Waals surface area contributed by atoms with Crippen LogP contribution in [0.1, 0.15) is 25.0 Å². The number of hydrogen-bond donors (Lipinski definition) is 1. The van der Waals surface area contributed by atoms with Gasteiger partial charge in [0.25, 0.3) is 0 Å². The lowest BCUT2D eigenvalue weighted by molar-refractivity contribution is -0.115. The summed E-state index contributed by atoms with van der Waals surface area (Å²) in [5, 5.41) is 2.53. The summed E-state index contributed by atoms with van der Waals surface area (Å²) in [7, 11) is 1.60. The summed E-state index contributed by atoms with van der Waals surface area (Å²) in [5.41, 5.74) is 1.85. The lowest BCUT2D eigenvalue weighted by atomic mass is 10.1. The largest absolute Gasteiger partial charge is 0.490 e. The zero-order valence-electron chi connectivity index (χ0n) is 11.1. The Hall–Kier alpha value is -2.03. The van der Waals surface area contributed by atoms with Gasteiger partial charge in [-0.1, -0.05) is 18.7 Å². The molecule has 0 saturated heterocycles. The first-order chi connectivity index (χ1) is 8.56. The molecular weight excluding hydrogens is 226 g/mol. The highest BCUT2D eigenvalue weighted by Gasteiger charge is 2.03. The van der Waals surface area contributed by atoms with Crippen molar-refractivity contribution in [2.24, 2.45) is 0 Å². The van der Waals surface area contributed by atoms with Gasteiger partial charge >= 0.3 is 0 Å². The maximum absolute atomic E-state index is 11.1. The van der Waals surface area contributed by atoms with Crippen LogP contribution in [0.25, 0.3) is 12.2 Å². The highest BCUT2D eigenvalue weighted by Crippen LogP contribution is 2.23. The lowest BCUT2D eigenvalue weighted by Gasteiger charge is -2.12. The molecule has 18 heavy (non-hydrogen) atoms. The molecule has 0 fully saturated rings. The van der Waals surface area contributed by atoms with E-state index in [9.17, 15) is 4.79 Å². The van der Waals surface area contributed by atoms with Gasteiger partial charge in [0, 0.05) is 18.7 Å². The van der Waals surface area contributed by atoms with Crippen molar-refractivity contribution in [1.82, 2.24) is 5.32 Å². The average Bonchev–Trinajstić information content (AvgIpc) is 2.36. The molecule has 0 heterocycles. The van der Waals surface area contributed by atoms with Crippen molar-refractivity contribution in [1.29, 1.82) is 0 Å². The molecule has 0 radical (unpaired) electrons. The zero-order valence-corrected chi connectivity index (χ0v) is 11.1. The fraction of sp³-hybridized carbons (Fsp3) is 0.267. The normalized spacial score (nSPS) is 10.7. The summed E-state index contributed by atoms with van der Waals surface area (Å²) in [5.74, 6) is 0.676. The highest BCUT2D eigenvalue weighted by atomic mass is 16.5. The SMILES string of the molecule is C=Cc1cc(/C=C/C(=O)NC)ccc1OC(C)C. The molecule has 3 nitrogen and oxygen atoms in total. The average molecular weight is 245 g/mol. The van der Waals surface area contributed by atoms with Crippen LogP contribution in [-0.2, 0) is 4.79 Å². The molecule has 1 aromatic carbocycles. The number of benzene rings is 1. The lowest BCUT2D eigenvalue weighted by Crippen LogP contribution is -2.13. The number of amides is 1. The predicted molar refractivity (Wildman–Crippen MR) is 75.4 cm³/mol. The quantitative estimate of drug-likeness (QED) is 0.810. The Morgan fingerprint density at radius 2 is 2.17 bits per heavy atom. The summed E-state index contributed by atoms with van der Waals surface area (Å²) in [6, 6.07) is 5.73. The molecule has 0 spiro atoms. The van der Waals surface area contributed by atoms with Gasteiger partial charge in [-0.15, -0.1) is 0 Å². The summed E-state index contributed by atoms with van der Waals surface area (Å²) in [6.45, 7) is 7.72. The van der Waals surface area contributed by atoms with Crippen LogP contribution in [-0.4, -0.2) is 19.1 Å². The van der Waals surface area contributed by atoms with Crippen LogP contribution < -0.4 is 10.1 Å². The second-order valence-corrected chi connectivity index (χ2v) is 4.12. The first-order valence-corrected chi connectivity index (χ1v) is 5.89. The molecule has 0 bridgehead atoms. The molecule has 3 heteroatoms. The Bertz CT molecular complexity index is 462. The van der Waals surface area contributed by atoms with Crippen molar-refractivity contribution in [2.75, 3.05) is 7.05 Å². The van der Waals surface area contributed by atoms with Gasteiger partial charge in [-0.05, 0) is 37.6 Å². The fourth-order valence-electron chi connectivity index (χ4n) is 1.45. The molecule has 1 amide bonds. The van der Waals surface area contributed by atoms with E-state index in [0.29, 0.717) is 0 Å². The maximum atomic E-state index is 11.1. The number of likely N-dealkylation sites (N-methyl/N-ethyl adjacent to an activating group) is 1. The summed E-state index contributed by atoms with van der Waals surface area (Å²) >= 11 is 0. The van der Waals surface area contributed by atoms with Crippen LogP contribution in [0, 0.1) is 0 Å². The van der Waals surface area contributed by atoms with Crippen LogP contribution >= 0.6 is 0 Å². The van der Waals surface area contributed by atoms with Gasteiger partial charge in [-0.25, -0.2) is 0 Å². The molecule has 96 valence electrons. The number of carbonyl (C=O) groups is 1. The minimum Gasteiger partial charge on any atom is -0.490 e. The number of hydrogen-bond acceptors (Lipinski definition) is 2. The van der Waals surface area contributed by atoms with E-state index >= 15 is 0 Å². The van der Waals surface area contributed by atoms with E-state index in [1.54, 1.807) is 19.2 Å². The third kappa shape index (κ3) is 4.09. The third-order valence-electron chi connectivity index (χ3n) is 2.29. The van der Waals surface area contributed by atoms with Crippen molar-refractivity contribution >= 4 is 18.1 Å². The molecule has 1 N–H and O–H groups in total. The van der Waals surface area contributed by atoms with Crippen molar-refractivity contribution in [3.63, 3.8) is 0 Å². The van der Waals surface area contributed by atoms with Crippen LogP contribution in [0.2, 0.25) is 0 Å². The van der Waals surface area contributed by atoms with E-state index in [2.05, 4.69) is 11.9 Å². The molecular formula is C15H19NO2. The van der Waals surface area contributed by atoms with Crippen LogP contribution in [0.4, 0.5) is 0 Å². The minimum absolute atomic E-state index is 0.121. The van der Waals surface area contributed by atoms with E-state index in [-0.39, 0.29) is 12.0 Å². The molecule has 0 atom stereocenters. The van der Waals surface area contributed by atoms with E-state index in [0.717, 1.165) is 16.9 Å². The van der Waals surface area contributed by atoms with E-state index < -0.39 is 0 Å². The van der Waals surface area contributed by atoms with Gasteiger partial charge in [0.05, 0.1) is 6.10 Å². The topological polar surface area (TPSA) is 38.3 Å². The van der Waals surface area contributed by atoms with E-state index in [4.69, 9.17) is 4.74 Å². The van der Waals surface area contributed by atoms with Gasteiger partial charge in [0.1, 0.15) is 5.75 Å². The molecule has 0 aliphatic rings. The molecule has 0 aliphatic carbocycles. The summed E-state index contributed by atoms with van der Waals surface area (Å²) in [4.78, 5) is 11.1. The van der Waals surface area contributed by atoms with Gasteiger partial charge < -0.3 is 10.1 Å².